The molecular formula is C17H15ClFNO4. The predicted molar refractivity (Wildman–Crippen MR) is 88.1 cm³/mol. The quantitative estimate of drug-likeness (QED) is 0.821. The molecule has 0 aliphatic carbocycles. The van der Waals surface area contributed by atoms with Gasteiger partial charge in [0.25, 0.3) is 0 Å². The predicted octanol–water partition coefficient (Wildman–Crippen LogP) is 4.10. The van der Waals surface area contributed by atoms with Gasteiger partial charge in [-0.25, -0.2) is 9.18 Å². The van der Waals surface area contributed by atoms with E-state index in [0.717, 1.165) is 6.07 Å². The number of carboxylic acid groups (broad SMARTS) is 1. The van der Waals surface area contributed by atoms with Crippen molar-refractivity contribution in [2.24, 2.45) is 0 Å². The minimum atomic E-state index is -1.17. The van der Waals surface area contributed by atoms with Crippen molar-refractivity contribution in [3.8, 4) is 5.75 Å². The number of nitrogens with one attached hydrogen (secondary N) is 1. The van der Waals surface area contributed by atoms with E-state index in [9.17, 15) is 19.1 Å². The Hall–Kier alpha value is -2.60. The zero-order valence-corrected chi connectivity index (χ0v) is 13.6. The lowest BCUT2D eigenvalue weighted by atomic mass is 10.1. The molecule has 2 aromatic rings. The Bertz CT molecular complexity index is 779. The molecule has 0 unspecified atom stereocenters. The fourth-order valence-corrected chi connectivity index (χ4v) is 2.06. The summed E-state index contributed by atoms with van der Waals surface area (Å²) in [6.07, 6.45) is 0.242. The third-order valence-electron chi connectivity index (χ3n) is 3.21. The smallest absolute Gasteiger partial charge is 0.337 e. The maximum absolute atomic E-state index is 13.4. The summed E-state index contributed by atoms with van der Waals surface area (Å²) in [6.45, 7) is 1.71. The molecular weight excluding hydrogens is 337 g/mol. The van der Waals surface area contributed by atoms with Gasteiger partial charge in [0.2, 0.25) is 5.91 Å². The Morgan fingerprint density at radius 1 is 1.25 bits per heavy atom. The Balaban J connectivity index is 2.15. The van der Waals surface area contributed by atoms with Crippen molar-refractivity contribution in [1.82, 2.24) is 0 Å². The molecule has 2 rings (SSSR count). The number of carbonyl (C=O) groups is 2. The maximum atomic E-state index is 13.4. The third-order valence-corrected chi connectivity index (χ3v) is 3.51. The lowest BCUT2D eigenvalue weighted by Crippen LogP contribution is -2.13. The van der Waals surface area contributed by atoms with E-state index in [0.29, 0.717) is 5.56 Å². The lowest BCUT2D eigenvalue weighted by Gasteiger charge is -2.11. The van der Waals surface area contributed by atoms with Gasteiger partial charge < -0.3 is 15.2 Å². The van der Waals surface area contributed by atoms with Crippen molar-refractivity contribution < 1.29 is 23.8 Å². The summed E-state index contributed by atoms with van der Waals surface area (Å²) in [6, 6.07) is 8.57. The van der Waals surface area contributed by atoms with Gasteiger partial charge in [0, 0.05) is 12.5 Å². The van der Waals surface area contributed by atoms with Gasteiger partial charge in [-0.1, -0.05) is 24.6 Å². The van der Waals surface area contributed by atoms with Crippen LogP contribution >= 0.6 is 11.6 Å². The normalized spacial score (nSPS) is 10.3. The Labute approximate surface area is 143 Å². The van der Waals surface area contributed by atoms with Gasteiger partial charge in [0.1, 0.15) is 18.2 Å². The third kappa shape index (κ3) is 4.45. The highest BCUT2D eigenvalue weighted by Gasteiger charge is 2.13. The Kier molecular flexibility index (Phi) is 5.76. The van der Waals surface area contributed by atoms with E-state index in [1.165, 1.54) is 24.3 Å². The molecule has 24 heavy (non-hydrogen) atoms. The van der Waals surface area contributed by atoms with Gasteiger partial charge in [-0.2, -0.15) is 0 Å². The number of halogens is 2. The van der Waals surface area contributed by atoms with Gasteiger partial charge >= 0.3 is 5.97 Å². The van der Waals surface area contributed by atoms with Gasteiger partial charge in [-0.05, 0) is 29.8 Å². The highest BCUT2D eigenvalue weighted by Crippen LogP contribution is 2.23. The van der Waals surface area contributed by atoms with Crippen LogP contribution in [0.1, 0.15) is 29.3 Å². The van der Waals surface area contributed by atoms with E-state index < -0.39 is 11.8 Å². The average Bonchev–Trinajstić information content (AvgIpc) is 2.56. The van der Waals surface area contributed by atoms with Crippen LogP contribution < -0.4 is 10.1 Å². The standard InChI is InChI=1S/C17H15ClFNO4/c1-2-16(21)20-15-6-3-10(7-12(15)17(22)23)9-24-11-4-5-13(18)14(19)8-11/h3-8H,2,9H2,1H3,(H,20,21)(H,22,23). The topological polar surface area (TPSA) is 75.6 Å². The minimum absolute atomic E-state index is 0.00784. The number of benzene rings is 2. The van der Waals surface area contributed by atoms with E-state index in [1.807, 2.05) is 0 Å². The highest BCUT2D eigenvalue weighted by atomic mass is 35.5. The molecule has 0 saturated carbocycles. The first-order valence-corrected chi connectivity index (χ1v) is 7.52. The number of hydrogen-bond acceptors (Lipinski definition) is 3. The van der Waals surface area contributed by atoms with Crippen LogP contribution in [0.15, 0.2) is 36.4 Å². The molecule has 0 atom stereocenters. The van der Waals surface area contributed by atoms with E-state index in [4.69, 9.17) is 16.3 Å². The summed E-state index contributed by atoms with van der Waals surface area (Å²) in [7, 11) is 0. The number of aromatic carboxylic acids is 1. The molecule has 0 aromatic heterocycles. The summed E-state index contributed by atoms with van der Waals surface area (Å²) < 4.78 is 18.8. The zero-order valence-electron chi connectivity index (χ0n) is 12.8. The van der Waals surface area contributed by atoms with E-state index in [1.54, 1.807) is 13.0 Å². The highest BCUT2D eigenvalue weighted by molar-refractivity contribution is 6.30. The fourth-order valence-electron chi connectivity index (χ4n) is 1.94. The summed E-state index contributed by atoms with van der Waals surface area (Å²) in [5, 5.41) is 11.8. The van der Waals surface area contributed by atoms with Crippen LogP contribution in [0.25, 0.3) is 0 Å². The molecule has 0 aliphatic heterocycles. The first kappa shape index (κ1) is 17.7. The van der Waals surface area contributed by atoms with Crippen molar-refractivity contribution >= 4 is 29.2 Å². The Morgan fingerprint density at radius 2 is 2.00 bits per heavy atom. The second-order valence-corrected chi connectivity index (χ2v) is 5.36. The largest absolute Gasteiger partial charge is 0.489 e. The molecule has 0 saturated heterocycles. The summed E-state index contributed by atoms with van der Waals surface area (Å²) in [4.78, 5) is 22.8. The number of carbonyl (C=O) groups excluding carboxylic acids is 1. The summed E-state index contributed by atoms with van der Waals surface area (Å²) >= 11 is 5.59. The molecule has 0 bridgehead atoms. The average molecular weight is 352 g/mol. The molecule has 0 spiro atoms. The lowest BCUT2D eigenvalue weighted by molar-refractivity contribution is -0.115. The number of hydrogen-bond donors (Lipinski definition) is 2. The van der Waals surface area contributed by atoms with Gasteiger partial charge in [-0.3, -0.25) is 4.79 Å². The van der Waals surface area contributed by atoms with Gasteiger partial charge in [0.05, 0.1) is 16.3 Å². The summed E-state index contributed by atoms with van der Waals surface area (Å²) in [5.74, 6) is -1.77. The Morgan fingerprint density at radius 3 is 2.62 bits per heavy atom. The van der Waals surface area contributed by atoms with Crippen molar-refractivity contribution in [2.75, 3.05) is 5.32 Å². The fraction of sp³-hybridized carbons (Fsp3) is 0.176. The van der Waals surface area contributed by atoms with Gasteiger partial charge in [0.15, 0.2) is 0 Å². The molecule has 5 nitrogen and oxygen atoms in total. The SMILES string of the molecule is CCC(=O)Nc1ccc(COc2ccc(Cl)c(F)c2)cc1C(=O)O. The second-order valence-electron chi connectivity index (χ2n) is 4.95. The van der Waals surface area contributed by atoms with Crippen molar-refractivity contribution in [3.05, 3.63) is 58.4 Å². The molecule has 0 heterocycles. The van der Waals surface area contributed by atoms with Crippen molar-refractivity contribution in [3.63, 3.8) is 0 Å². The van der Waals surface area contributed by atoms with Crippen LogP contribution in [0.4, 0.5) is 10.1 Å². The van der Waals surface area contributed by atoms with Crippen LogP contribution in [0.3, 0.4) is 0 Å². The molecule has 2 N–H and O–H groups in total. The monoisotopic (exact) mass is 351 g/mol. The van der Waals surface area contributed by atoms with Crippen LogP contribution in [0.5, 0.6) is 5.75 Å². The van der Waals surface area contributed by atoms with Gasteiger partial charge in [-0.15, -0.1) is 0 Å². The molecule has 1 amide bonds. The molecule has 7 heteroatoms. The van der Waals surface area contributed by atoms with Crippen LogP contribution in [-0.2, 0) is 11.4 Å². The number of anilines is 1. The molecule has 0 fully saturated rings. The van der Waals surface area contributed by atoms with Crippen molar-refractivity contribution in [2.45, 2.75) is 20.0 Å². The summed E-state index contributed by atoms with van der Waals surface area (Å²) in [5.41, 5.74) is 0.744. The first-order chi connectivity index (χ1) is 11.4. The van der Waals surface area contributed by atoms with Crippen LogP contribution in [0, 0.1) is 5.82 Å². The second kappa shape index (κ2) is 7.79. The minimum Gasteiger partial charge on any atom is -0.489 e. The van der Waals surface area contributed by atoms with E-state index in [2.05, 4.69) is 5.32 Å². The van der Waals surface area contributed by atoms with Crippen LogP contribution in [-0.4, -0.2) is 17.0 Å². The molecule has 2 aromatic carbocycles. The zero-order chi connectivity index (χ0) is 17.7. The molecule has 0 radical (unpaired) electrons. The van der Waals surface area contributed by atoms with E-state index in [-0.39, 0.29) is 41.0 Å². The number of carboxylic acids is 1. The van der Waals surface area contributed by atoms with E-state index >= 15 is 0 Å². The first-order valence-electron chi connectivity index (χ1n) is 7.14. The number of rotatable bonds is 6. The van der Waals surface area contributed by atoms with Crippen LogP contribution in [0.2, 0.25) is 5.02 Å². The molecule has 126 valence electrons. The number of ether oxygens (including phenoxy) is 1. The molecule has 0 aliphatic rings. The maximum Gasteiger partial charge on any atom is 0.337 e. The number of amides is 1. The van der Waals surface area contributed by atoms with Crippen molar-refractivity contribution in [1.29, 1.82) is 0 Å².